The zero-order chi connectivity index (χ0) is 17.9. The molecule has 136 valence electrons. The lowest BCUT2D eigenvalue weighted by Gasteiger charge is -2.23. The van der Waals surface area contributed by atoms with Gasteiger partial charge in [0.2, 0.25) is 0 Å². The first kappa shape index (κ1) is 18.1. The molecule has 3 rings (SSSR count). The molecule has 6 heteroatoms. The topological polar surface area (TPSA) is 63.2 Å². The van der Waals surface area contributed by atoms with Gasteiger partial charge in [-0.15, -0.1) is 0 Å². The predicted octanol–water partition coefficient (Wildman–Crippen LogP) is 2.57. The first-order valence-corrected chi connectivity index (χ1v) is 8.50. The maximum atomic E-state index is 11.5. The smallest absolute Gasteiger partial charge is 0.330 e. The lowest BCUT2D eigenvalue weighted by atomic mass is 10.1. The number of benzene rings is 1. The molecule has 2 heterocycles. The van der Waals surface area contributed by atoms with E-state index in [0.717, 1.165) is 5.56 Å². The number of ether oxygens (including phenoxy) is 5. The van der Waals surface area contributed by atoms with Gasteiger partial charge in [0.15, 0.2) is 12.1 Å². The minimum Gasteiger partial charge on any atom is -0.463 e. The van der Waals surface area contributed by atoms with E-state index in [1.165, 1.54) is 6.08 Å². The van der Waals surface area contributed by atoms with Crippen molar-refractivity contribution in [3.63, 3.8) is 0 Å². The Hall–Kier alpha value is -1.73. The predicted molar refractivity (Wildman–Crippen MR) is 89.5 cm³/mol. The molecular formula is C19H24O6. The number of carbonyl (C=O) groups is 1. The second kappa shape index (κ2) is 7.66. The maximum Gasteiger partial charge on any atom is 0.330 e. The third kappa shape index (κ3) is 4.46. The monoisotopic (exact) mass is 348 g/mol. The highest BCUT2D eigenvalue weighted by Gasteiger charge is 2.55. The standard InChI is InChI=1S/C19H24O6/c1-4-21-15(20)11-10-14-16-17(25-19(2,3)24-16)18(23-14)22-12-13-8-6-5-7-9-13/h5-11,14,16-18H,4,12H2,1-3H3/b11-10+/t14-,16+,17+,18-/m1/s1. The van der Waals surface area contributed by atoms with Gasteiger partial charge < -0.3 is 23.7 Å². The van der Waals surface area contributed by atoms with Crippen LogP contribution in [0.15, 0.2) is 42.5 Å². The highest BCUT2D eigenvalue weighted by molar-refractivity contribution is 5.82. The molecule has 6 nitrogen and oxygen atoms in total. The van der Waals surface area contributed by atoms with Crippen molar-refractivity contribution in [2.75, 3.05) is 6.61 Å². The van der Waals surface area contributed by atoms with Crippen molar-refractivity contribution in [3.8, 4) is 0 Å². The van der Waals surface area contributed by atoms with Crippen molar-refractivity contribution in [3.05, 3.63) is 48.0 Å². The lowest BCUT2D eigenvalue weighted by molar-refractivity contribution is -0.231. The fourth-order valence-electron chi connectivity index (χ4n) is 3.00. The van der Waals surface area contributed by atoms with E-state index in [4.69, 9.17) is 23.7 Å². The van der Waals surface area contributed by atoms with E-state index >= 15 is 0 Å². The van der Waals surface area contributed by atoms with Gasteiger partial charge in [-0.1, -0.05) is 30.3 Å². The quantitative estimate of drug-likeness (QED) is 0.582. The fourth-order valence-corrected chi connectivity index (χ4v) is 3.00. The van der Waals surface area contributed by atoms with Gasteiger partial charge in [0.05, 0.1) is 13.2 Å². The summed E-state index contributed by atoms with van der Waals surface area (Å²) in [7, 11) is 0. The van der Waals surface area contributed by atoms with Gasteiger partial charge in [0, 0.05) is 6.08 Å². The molecule has 2 aliphatic rings. The van der Waals surface area contributed by atoms with Crippen LogP contribution in [-0.4, -0.2) is 43.0 Å². The Labute approximate surface area is 147 Å². The summed E-state index contributed by atoms with van der Waals surface area (Å²) in [5.41, 5.74) is 1.05. The highest BCUT2D eigenvalue weighted by atomic mass is 16.8. The maximum absolute atomic E-state index is 11.5. The van der Waals surface area contributed by atoms with Crippen molar-refractivity contribution in [2.24, 2.45) is 0 Å². The summed E-state index contributed by atoms with van der Waals surface area (Å²) in [6.07, 6.45) is 1.32. The van der Waals surface area contributed by atoms with Crippen LogP contribution in [0.3, 0.4) is 0 Å². The molecule has 0 aromatic heterocycles. The Bertz CT molecular complexity index is 612. The molecule has 0 aliphatic carbocycles. The van der Waals surface area contributed by atoms with Gasteiger partial charge in [-0.3, -0.25) is 0 Å². The van der Waals surface area contributed by atoms with Gasteiger partial charge >= 0.3 is 5.97 Å². The summed E-state index contributed by atoms with van der Waals surface area (Å²) in [5, 5.41) is 0. The van der Waals surface area contributed by atoms with Crippen molar-refractivity contribution >= 4 is 5.97 Å². The Morgan fingerprint density at radius 1 is 1.20 bits per heavy atom. The number of hydrogen-bond acceptors (Lipinski definition) is 6. The van der Waals surface area contributed by atoms with Crippen LogP contribution >= 0.6 is 0 Å². The van der Waals surface area contributed by atoms with E-state index in [-0.39, 0.29) is 12.2 Å². The Balaban J connectivity index is 1.66. The minimum absolute atomic E-state index is 0.330. The van der Waals surface area contributed by atoms with Gasteiger partial charge in [-0.25, -0.2) is 4.79 Å². The zero-order valence-electron chi connectivity index (χ0n) is 14.7. The molecule has 1 aromatic carbocycles. The van der Waals surface area contributed by atoms with E-state index < -0.39 is 24.2 Å². The van der Waals surface area contributed by atoms with E-state index in [0.29, 0.717) is 13.2 Å². The van der Waals surface area contributed by atoms with Gasteiger partial charge in [-0.05, 0) is 32.4 Å². The summed E-state index contributed by atoms with van der Waals surface area (Å²) < 4.78 is 28.6. The van der Waals surface area contributed by atoms with Crippen LogP contribution in [0.25, 0.3) is 0 Å². The molecule has 0 spiro atoms. The third-order valence-electron chi connectivity index (χ3n) is 4.01. The van der Waals surface area contributed by atoms with Crippen molar-refractivity contribution < 1.29 is 28.5 Å². The molecule has 25 heavy (non-hydrogen) atoms. The van der Waals surface area contributed by atoms with Crippen LogP contribution in [-0.2, 0) is 35.1 Å². The highest BCUT2D eigenvalue weighted by Crippen LogP contribution is 2.39. The number of fused-ring (bicyclic) bond motifs is 1. The average Bonchev–Trinajstić information content (AvgIpc) is 3.06. The normalized spacial score (nSPS) is 30.5. The van der Waals surface area contributed by atoms with Crippen molar-refractivity contribution in [1.82, 2.24) is 0 Å². The number of esters is 1. The number of hydrogen-bond donors (Lipinski definition) is 0. The Morgan fingerprint density at radius 2 is 1.92 bits per heavy atom. The summed E-state index contributed by atoms with van der Waals surface area (Å²) >= 11 is 0. The molecule has 2 aliphatic heterocycles. The van der Waals surface area contributed by atoms with Crippen molar-refractivity contribution in [1.29, 1.82) is 0 Å². The third-order valence-corrected chi connectivity index (χ3v) is 4.01. The molecule has 4 atom stereocenters. The average molecular weight is 348 g/mol. The fraction of sp³-hybridized carbons (Fsp3) is 0.526. The van der Waals surface area contributed by atoms with Crippen LogP contribution in [0.2, 0.25) is 0 Å². The summed E-state index contributed by atoms with van der Waals surface area (Å²) in [6.45, 7) is 6.21. The van der Waals surface area contributed by atoms with Crippen LogP contribution in [0.5, 0.6) is 0 Å². The van der Waals surface area contributed by atoms with Gasteiger partial charge in [0.25, 0.3) is 0 Å². The van der Waals surface area contributed by atoms with Crippen LogP contribution in [0.1, 0.15) is 26.3 Å². The van der Waals surface area contributed by atoms with E-state index in [1.807, 2.05) is 44.2 Å². The second-order valence-electron chi connectivity index (χ2n) is 6.44. The molecule has 0 saturated carbocycles. The van der Waals surface area contributed by atoms with Crippen molar-refractivity contribution in [2.45, 2.75) is 57.8 Å². The molecule has 0 bridgehead atoms. The molecular weight excluding hydrogens is 324 g/mol. The van der Waals surface area contributed by atoms with Gasteiger partial charge in [0.1, 0.15) is 18.3 Å². The van der Waals surface area contributed by atoms with Crippen LogP contribution in [0.4, 0.5) is 0 Å². The molecule has 0 unspecified atom stereocenters. The molecule has 1 aromatic rings. The zero-order valence-corrected chi connectivity index (χ0v) is 14.7. The van der Waals surface area contributed by atoms with E-state index in [2.05, 4.69) is 0 Å². The molecule has 2 saturated heterocycles. The first-order chi connectivity index (χ1) is 12.0. The number of rotatable bonds is 6. The molecule has 0 N–H and O–H groups in total. The summed E-state index contributed by atoms with van der Waals surface area (Å²) in [6, 6.07) is 9.85. The summed E-state index contributed by atoms with van der Waals surface area (Å²) in [4.78, 5) is 11.5. The largest absolute Gasteiger partial charge is 0.463 e. The SMILES string of the molecule is CCOC(=O)/C=C/[C@H]1O[C@@H](OCc2ccccc2)[C@H]2OC(C)(C)O[C@H]21. The first-order valence-electron chi connectivity index (χ1n) is 8.50. The Morgan fingerprint density at radius 3 is 2.64 bits per heavy atom. The second-order valence-corrected chi connectivity index (χ2v) is 6.44. The Kier molecular flexibility index (Phi) is 5.54. The van der Waals surface area contributed by atoms with E-state index in [1.54, 1.807) is 13.0 Å². The van der Waals surface area contributed by atoms with Gasteiger partial charge in [-0.2, -0.15) is 0 Å². The number of carbonyl (C=O) groups excluding carboxylic acids is 1. The molecule has 0 amide bonds. The summed E-state index contributed by atoms with van der Waals surface area (Å²) in [5.74, 6) is -1.13. The lowest BCUT2D eigenvalue weighted by Crippen LogP contribution is -2.31. The molecule has 2 fully saturated rings. The van der Waals surface area contributed by atoms with Crippen LogP contribution in [0, 0.1) is 0 Å². The molecule has 0 radical (unpaired) electrons. The van der Waals surface area contributed by atoms with E-state index in [9.17, 15) is 4.79 Å². The minimum atomic E-state index is -0.719. The van der Waals surface area contributed by atoms with Crippen LogP contribution < -0.4 is 0 Å².